The van der Waals surface area contributed by atoms with Crippen LogP contribution in [0.25, 0.3) is 0 Å². The lowest BCUT2D eigenvalue weighted by atomic mass is 9.92. The molecule has 34 heavy (non-hydrogen) atoms. The highest BCUT2D eigenvalue weighted by molar-refractivity contribution is 5.69. The SMILES string of the molecule is CC(C)(C)OC(=O)N1CC=C[C@H](N(Cc2ccccc2)Cc2ccccc2)[C@@H]1c1ccccc1. The Bertz CT molecular complexity index is 1030. The summed E-state index contributed by atoms with van der Waals surface area (Å²) in [5, 5.41) is 0. The van der Waals surface area contributed by atoms with Gasteiger partial charge in [-0.2, -0.15) is 0 Å². The largest absolute Gasteiger partial charge is 0.444 e. The van der Waals surface area contributed by atoms with Crippen LogP contribution in [0.4, 0.5) is 4.79 Å². The number of carbonyl (C=O) groups is 1. The molecule has 1 heterocycles. The summed E-state index contributed by atoms with van der Waals surface area (Å²) in [6.45, 7) is 7.81. The van der Waals surface area contributed by atoms with Crippen molar-refractivity contribution in [3.05, 3.63) is 120 Å². The molecule has 3 aromatic rings. The minimum atomic E-state index is -0.553. The summed E-state index contributed by atoms with van der Waals surface area (Å²) in [6, 6.07) is 31.2. The molecule has 0 saturated heterocycles. The van der Waals surface area contributed by atoms with E-state index in [0.717, 1.165) is 18.7 Å². The van der Waals surface area contributed by atoms with Gasteiger partial charge in [-0.1, -0.05) is 103 Å². The van der Waals surface area contributed by atoms with Crippen molar-refractivity contribution in [2.24, 2.45) is 0 Å². The van der Waals surface area contributed by atoms with Crippen LogP contribution in [0.2, 0.25) is 0 Å². The van der Waals surface area contributed by atoms with Crippen LogP contribution in [0.3, 0.4) is 0 Å². The average molecular weight is 455 g/mol. The number of hydrogen-bond donors (Lipinski definition) is 0. The third-order valence-corrected chi connectivity index (χ3v) is 5.94. The van der Waals surface area contributed by atoms with E-state index in [1.165, 1.54) is 11.1 Å². The highest BCUT2D eigenvalue weighted by Crippen LogP contribution is 2.34. The third-order valence-electron chi connectivity index (χ3n) is 5.94. The van der Waals surface area contributed by atoms with Gasteiger partial charge in [0.2, 0.25) is 0 Å². The summed E-state index contributed by atoms with van der Waals surface area (Å²) in [4.78, 5) is 17.7. The number of benzene rings is 3. The standard InChI is InChI=1S/C30H34N2O2/c1-30(2,3)34-29(33)32-21-13-20-27(28(32)26-18-11-6-12-19-26)31(22-24-14-7-4-8-15-24)23-25-16-9-5-10-17-25/h4-20,27-28H,21-23H2,1-3H3/t27-,28-/m0/s1. The first kappa shape index (κ1) is 23.8. The molecule has 0 spiro atoms. The van der Waals surface area contributed by atoms with E-state index in [9.17, 15) is 4.79 Å². The summed E-state index contributed by atoms with van der Waals surface area (Å²) >= 11 is 0. The van der Waals surface area contributed by atoms with Crippen molar-refractivity contribution >= 4 is 6.09 Å². The molecular weight excluding hydrogens is 420 g/mol. The predicted molar refractivity (Wildman–Crippen MR) is 137 cm³/mol. The fourth-order valence-electron chi connectivity index (χ4n) is 4.48. The summed E-state index contributed by atoms with van der Waals surface area (Å²) in [5.74, 6) is 0. The van der Waals surface area contributed by atoms with Crippen molar-refractivity contribution in [1.29, 1.82) is 0 Å². The fraction of sp³-hybridized carbons (Fsp3) is 0.300. The lowest BCUT2D eigenvalue weighted by molar-refractivity contribution is 0.00553. The van der Waals surface area contributed by atoms with E-state index >= 15 is 0 Å². The van der Waals surface area contributed by atoms with Crippen molar-refractivity contribution in [2.75, 3.05) is 6.54 Å². The minimum Gasteiger partial charge on any atom is -0.444 e. The zero-order valence-electron chi connectivity index (χ0n) is 20.3. The molecule has 0 aromatic heterocycles. The molecule has 4 heteroatoms. The van der Waals surface area contributed by atoms with Crippen LogP contribution < -0.4 is 0 Å². The van der Waals surface area contributed by atoms with Gasteiger partial charge in [-0.15, -0.1) is 0 Å². The number of amides is 1. The molecule has 176 valence electrons. The lowest BCUT2D eigenvalue weighted by Gasteiger charge is -2.44. The minimum absolute atomic E-state index is 0.0101. The second-order valence-electron chi connectivity index (χ2n) is 9.78. The quantitative estimate of drug-likeness (QED) is 0.393. The van der Waals surface area contributed by atoms with Gasteiger partial charge in [0.05, 0.1) is 12.1 Å². The molecule has 0 radical (unpaired) electrons. The molecule has 0 saturated carbocycles. The maximum atomic E-state index is 13.3. The molecule has 0 unspecified atom stereocenters. The van der Waals surface area contributed by atoms with Gasteiger partial charge in [0.1, 0.15) is 5.60 Å². The Kier molecular flexibility index (Phi) is 7.49. The van der Waals surface area contributed by atoms with E-state index < -0.39 is 5.60 Å². The average Bonchev–Trinajstić information content (AvgIpc) is 2.84. The molecule has 0 aliphatic carbocycles. The van der Waals surface area contributed by atoms with E-state index in [2.05, 4.69) is 77.7 Å². The molecular formula is C30H34N2O2. The molecule has 4 nitrogen and oxygen atoms in total. The number of carbonyl (C=O) groups excluding carboxylic acids is 1. The van der Waals surface area contributed by atoms with Gasteiger partial charge >= 0.3 is 6.09 Å². The predicted octanol–water partition coefficient (Wildman–Crippen LogP) is 6.61. The van der Waals surface area contributed by atoms with E-state index in [4.69, 9.17) is 4.74 Å². The molecule has 3 aromatic carbocycles. The number of rotatable bonds is 6. The Morgan fingerprint density at radius 1 is 0.853 bits per heavy atom. The Morgan fingerprint density at radius 2 is 1.35 bits per heavy atom. The van der Waals surface area contributed by atoms with E-state index in [1.54, 1.807) is 0 Å². The van der Waals surface area contributed by atoms with Crippen molar-refractivity contribution in [3.8, 4) is 0 Å². The molecule has 4 rings (SSSR count). The van der Waals surface area contributed by atoms with Gasteiger partial charge in [-0.3, -0.25) is 9.80 Å². The molecule has 0 N–H and O–H groups in total. The van der Waals surface area contributed by atoms with Crippen LogP contribution >= 0.6 is 0 Å². The maximum absolute atomic E-state index is 13.3. The number of ether oxygens (including phenoxy) is 1. The normalized spacial score (nSPS) is 18.2. The van der Waals surface area contributed by atoms with Crippen LogP contribution in [-0.4, -0.2) is 34.1 Å². The van der Waals surface area contributed by atoms with Crippen molar-refractivity contribution in [3.63, 3.8) is 0 Å². The second-order valence-corrected chi connectivity index (χ2v) is 9.78. The molecule has 0 fully saturated rings. The topological polar surface area (TPSA) is 32.8 Å². The highest BCUT2D eigenvalue weighted by atomic mass is 16.6. The molecule has 1 aliphatic heterocycles. The zero-order chi connectivity index (χ0) is 24.0. The fourth-order valence-corrected chi connectivity index (χ4v) is 4.48. The Hall–Kier alpha value is -3.37. The van der Waals surface area contributed by atoms with Crippen molar-refractivity contribution in [2.45, 2.75) is 51.5 Å². The first-order valence-electron chi connectivity index (χ1n) is 11.9. The van der Waals surface area contributed by atoms with Gasteiger partial charge in [0.15, 0.2) is 0 Å². The monoisotopic (exact) mass is 454 g/mol. The van der Waals surface area contributed by atoms with Crippen LogP contribution in [0, 0.1) is 0 Å². The van der Waals surface area contributed by atoms with E-state index in [1.807, 2.05) is 56.0 Å². The number of nitrogens with zero attached hydrogens (tertiary/aromatic N) is 2. The first-order chi connectivity index (χ1) is 16.4. The van der Waals surface area contributed by atoms with Crippen LogP contribution in [0.1, 0.15) is 43.5 Å². The third kappa shape index (κ3) is 6.15. The summed E-state index contributed by atoms with van der Waals surface area (Å²) in [5.41, 5.74) is 3.04. The smallest absolute Gasteiger partial charge is 0.411 e. The molecule has 1 amide bonds. The first-order valence-corrected chi connectivity index (χ1v) is 11.9. The van der Waals surface area contributed by atoms with E-state index in [-0.39, 0.29) is 18.2 Å². The van der Waals surface area contributed by atoms with Crippen LogP contribution in [-0.2, 0) is 17.8 Å². The van der Waals surface area contributed by atoms with Gasteiger partial charge in [-0.05, 0) is 37.5 Å². The van der Waals surface area contributed by atoms with Gasteiger partial charge in [0.25, 0.3) is 0 Å². The Morgan fingerprint density at radius 3 is 1.85 bits per heavy atom. The Balaban J connectivity index is 1.73. The summed E-state index contributed by atoms with van der Waals surface area (Å²) in [7, 11) is 0. The zero-order valence-corrected chi connectivity index (χ0v) is 20.3. The molecule has 1 aliphatic rings. The summed E-state index contributed by atoms with van der Waals surface area (Å²) < 4.78 is 5.83. The van der Waals surface area contributed by atoms with Gasteiger partial charge in [-0.25, -0.2) is 4.79 Å². The van der Waals surface area contributed by atoms with Gasteiger partial charge in [0, 0.05) is 19.6 Å². The van der Waals surface area contributed by atoms with Crippen molar-refractivity contribution in [1.82, 2.24) is 9.80 Å². The lowest BCUT2D eigenvalue weighted by Crippen LogP contribution is -2.50. The maximum Gasteiger partial charge on any atom is 0.411 e. The summed E-state index contributed by atoms with van der Waals surface area (Å²) in [6.07, 6.45) is 4.07. The molecule has 2 atom stereocenters. The van der Waals surface area contributed by atoms with E-state index in [0.29, 0.717) is 6.54 Å². The highest BCUT2D eigenvalue weighted by Gasteiger charge is 2.38. The number of hydrogen-bond acceptors (Lipinski definition) is 3. The van der Waals surface area contributed by atoms with Gasteiger partial charge < -0.3 is 4.74 Å². The van der Waals surface area contributed by atoms with Crippen LogP contribution in [0.15, 0.2) is 103 Å². The second kappa shape index (κ2) is 10.7. The molecule has 0 bridgehead atoms. The van der Waals surface area contributed by atoms with Crippen LogP contribution in [0.5, 0.6) is 0 Å². The van der Waals surface area contributed by atoms with Crippen molar-refractivity contribution < 1.29 is 9.53 Å². The Labute approximate surface area is 203 Å².